The molecule has 0 N–H and O–H groups in total. The Kier molecular flexibility index (Phi) is 4.60. The van der Waals surface area contributed by atoms with Gasteiger partial charge in [-0.2, -0.15) is 4.57 Å². The molecule has 0 bridgehead atoms. The Morgan fingerprint density at radius 1 is 0.800 bits per heavy atom. The fourth-order valence-corrected chi connectivity index (χ4v) is 2.12. The normalized spacial score (nSPS) is 10.1. The third kappa shape index (κ3) is 2.93. The standard InChI is InChI=1S/C17H16NO.HI/c1-13-18(2)12-17(19-13)16-10-8-15(9-11-16)14-6-4-3-5-7-14;/h3-12H,1-2H3;1H/q+1;/p-1. The summed E-state index contributed by atoms with van der Waals surface area (Å²) in [4.78, 5) is 0. The second kappa shape index (κ2) is 6.22. The van der Waals surface area contributed by atoms with Crippen molar-refractivity contribution in [3.8, 4) is 22.5 Å². The molecule has 0 spiro atoms. The lowest BCUT2D eigenvalue weighted by molar-refractivity contribution is -0.681. The first-order valence-corrected chi connectivity index (χ1v) is 6.36. The highest BCUT2D eigenvalue weighted by molar-refractivity contribution is 5.67. The van der Waals surface area contributed by atoms with Crippen LogP contribution in [0, 0.1) is 6.92 Å². The summed E-state index contributed by atoms with van der Waals surface area (Å²) in [6, 6.07) is 18.8. The summed E-state index contributed by atoms with van der Waals surface area (Å²) >= 11 is 0. The number of hydrogen-bond donors (Lipinski definition) is 0. The van der Waals surface area contributed by atoms with E-state index < -0.39 is 0 Å². The third-order valence-electron chi connectivity index (χ3n) is 3.34. The van der Waals surface area contributed by atoms with Crippen LogP contribution < -0.4 is 28.5 Å². The first-order chi connectivity index (χ1) is 9.24. The largest absolute Gasteiger partial charge is 1.00 e. The van der Waals surface area contributed by atoms with Crippen molar-refractivity contribution >= 4 is 0 Å². The Labute approximate surface area is 136 Å². The molecule has 102 valence electrons. The van der Waals surface area contributed by atoms with E-state index in [1.165, 1.54) is 11.1 Å². The van der Waals surface area contributed by atoms with Crippen LogP contribution in [0.1, 0.15) is 5.89 Å². The molecule has 3 aromatic rings. The maximum atomic E-state index is 5.71. The van der Waals surface area contributed by atoms with Gasteiger partial charge in [-0.05, 0) is 11.1 Å². The van der Waals surface area contributed by atoms with E-state index in [0.717, 1.165) is 17.2 Å². The summed E-state index contributed by atoms with van der Waals surface area (Å²) in [5.74, 6) is 1.81. The van der Waals surface area contributed by atoms with E-state index in [4.69, 9.17) is 4.42 Å². The molecule has 3 heteroatoms. The average molecular weight is 377 g/mol. The van der Waals surface area contributed by atoms with E-state index in [2.05, 4.69) is 48.5 Å². The lowest BCUT2D eigenvalue weighted by Gasteiger charge is -2.01. The van der Waals surface area contributed by atoms with Gasteiger partial charge in [-0.15, -0.1) is 0 Å². The Morgan fingerprint density at radius 2 is 1.35 bits per heavy atom. The molecule has 20 heavy (non-hydrogen) atoms. The molecular formula is C17H16INO. The van der Waals surface area contributed by atoms with Crippen molar-refractivity contribution in [2.75, 3.05) is 0 Å². The van der Waals surface area contributed by atoms with E-state index in [1.54, 1.807) is 0 Å². The summed E-state index contributed by atoms with van der Waals surface area (Å²) in [7, 11) is 1.99. The fourth-order valence-electron chi connectivity index (χ4n) is 2.12. The number of aryl methyl sites for hydroxylation is 2. The second-order valence-electron chi connectivity index (χ2n) is 4.67. The molecule has 0 amide bonds. The molecule has 0 fully saturated rings. The lowest BCUT2D eigenvalue weighted by atomic mass is 10.0. The van der Waals surface area contributed by atoms with Crippen LogP contribution in [0.5, 0.6) is 0 Å². The minimum atomic E-state index is 0. The van der Waals surface area contributed by atoms with Crippen LogP contribution >= 0.6 is 0 Å². The van der Waals surface area contributed by atoms with Crippen molar-refractivity contribution < 1.29 is 33.0 Å². The minimum absolute atomic E-state index is 0. The number of benzene rings is 2. The van der Waals surface area contributed by atoms with Crippen molar-refractivity contribution in [2.24, 2.45) is 7.05 Å². The molecule has 0 saturated carbocycles. The van der Waals surface area contributed by atoms with Gasteiger partial charge < -0.3 is 28.4 Å². The second-order valence-corrected chi connectivity index (χ2v) is 4.67. The minimum Gasteiger partial charge on any atom is -1.00 e. The SMILES string of the molecule is Cc1oc(-c2ccc(-c3ccccc3)cc2)c[n+]1C.[I-]. The molecular weight excluding hydrogens is 361 g/mol. The predicted octanol–water partition coefficient (Wildman–Crippen LogP) is 0.751. The first kappa shape index (κ1) is 14.8. The Balaban J connectivity index is 0.00000147. The van der Waals surface area contributed by atoms with E-state index in [1.807, 2.05) is 30.8 Å². The van der Waals surface area contributed by atoms with Crippen molar-refractivity contribution in [1.82, 2.24) is 0 Å². The number of halogens is 1. The van der Waals surface area contributed by atoms with Crippen LogP contribution in [0.2, 0.25) is 0 Å². The van der Waals surface area contributed by atoms with Crippen LogP contribution in [-0.4, -0.2) is 0 Å². The third-order valence-corrected chi connectivity index (χ3v) is 3.34. The summed E-state index contributed by atoms with van der Waals surface area (Å²) < 4.78 is 7.70. The maximum Gasteiger partial charge on any atom is 0.344 e. The Hall–Kier alpha value is -1.62. The number of rotatable bonds is 2. The van der Waals surface area contributed by atoms with Gasteiger partial charge in [0.1, 0.15) is 7.05 Å². The van der Waals surface area contributed by atoms with Crippen molar-refractivity contribution in [3.05, 3.63) is 66.7 Å². The van der Waals surface area contributed by atoms with Gasteiger partial charge in [-0.3, -0.25) is 0 Å². The molecule has 0 atom stereocenters. The molecule has 2 nitrogen and oxygen atoms in total. The smallest absolute Gasteiger partial charge is 0.344 e. The zero-order chi connectivity index (χ0) is 13.2. The van der Waals surface area contributed by atoms with Crippen LogP contribution in [-0.2, 0) is 7.05 Å². The van der Waals surface area contributed by atoms with Gasteiger partial charge in [0.15, 0.2) is 0 Å². The van der Waals surface area contributed by atoms with E-state index in [9.17, 15) is 0 Å². The highest BCUT2D eigenvalue weighted by atomic mass is 127. The number of aromatic nitrogens is 1. The van der Waals surface area contributed by atoms with Crippen LogP contribution in [0.3, 0.4) is 0 Å². The monoisotopic (exact) mass is 377 g/mol. The van der Waals surface area contributed by atoms with Gasteiger partial charge in [-0.1, -0.05) is 54.6 Å². The summed E-state index contributed by atoms with van der Waals surface area (Å²) in [5.41, 5.74) is 3.55. The highest BCUT2D eigenvalue weighted by Gasteiger charge is 2.12. The van der Waals surface area contributed by atoms with Gasteiger partial charge in [0.2, 0.25) is 12.0 Å². The number of hydrogen-bond acceptors (Lipinski definition) is 1. The van der Waals surface area contributed by atoms with Gasteiger partial charge in [-0.25, -0.2) is 0 Å². The highest BCUT2D eigenvalue weighted by Crippen LogP contribution is 2.24. The van der Waals surface area contributed by atoms with E-state index in [0.29, 0.717) is 0 Å². The Morgan fingerprint density at radius 3 is 1.90 bits per heavy atom. The average Bonchev–Trinajstić information content (AvgIpc) is 2.80. The first-order valence-electron chi connectivity index (χ1n) is 6.36. The lowest BCUT2D eigenvalue weighted by Crippen LogP contribution is -3.00. The molecule has 0 aliphatic heterocycles. The zero-order valence-corrected chi connectivity index (χ0v) is 13.7. The predicted molar refractivity (Wildman–Crippen MR) is 75.5 cm³/mol. The van der Waals surface area contributed by atoms with Gasteiger partial charge in [0.05, 0.1) is 6.92 Å². The van der Waals surface area contributed by atoms with E-state index in [-0.39, 0.29) is 24.0 Å². The molecule has 3 rings (SSSR count). The van der Waals surface area contributed by atoms with Crippen LogP contribution in [0.15, 0.2) is 65.2 Å². The molecule has 0 unspecified atom stereocenters. The van der Waals surface area contributed by atoms with E-state index >= 15 is 0 Å². The number of nitrogens with zero attached hydrogens (tertiary/aromatic N) is 1. The molecule has 0 aliphatic rings. The fraction of sp³-hybridized carbons (Fsp3) is 0.118. The van der Waals surface area contributed by atoms with Crippen molar-refractivity contribution in [2.45, 2.75) is 6.92 Å². The maximum absolute atomic E-state index is 5.71. The molecule has 1 heterocycles. The number of oxazole rings is 1. The van der Waals surface area contributed by atoms with Gasteiger partial charge in [0, 0.05) is 5.56 Å². The van der Waals surface area contributed by atoms with Crippen LogP contribution in [0.4, 0.5) is 0 Å². The molecule has 0 aliphatic carbocycles. The van der Waals surface area contributed by atoms with Crippen LogP contribution in [0.25, 0.3) is 22.5 Å². The molecule has 2 aromatic carbocycles. The summed E-state index contributed by atoms with van der Waals surface area (Å²) in [6.45, 7) is 1.96. The molecule has 1 aromatic heterocycles. The quantitative estimate of drug-likeness (QED) is 0.476. The topological polar surface area (TPSA) is 17.0 Å². The summed E-state index contributed by atoms with van der Waals surface area (Å²) in [5, 5.41) is 0. The Bertz CT molecular complexity index is 667. The van der Waals surface area contributed by atoms with Gasteiger partial charge >= 0.3 is 5.89 Å². The summed E-state index contributed by atoms with van der Waals surface area (Å²) in [6.07, 6.45) is 2.01. The van der Waals surface area contributed by atoms with Crippen molar-refractivity contribution in [3.63, 3.8) is 0 Å². The zero-order valence-electron chi connectivity index (χ0n) is 11.5. The van der Waals surface area contributed by atoms with Gasteiger partial charge in [0.25, 0.3) is 0 Å². The molecule has 0 radical (unpaired) electrons. The molecule has 0 saturated heterocycles. The van der Waals surface area contributed by atoms with Crippen molar-refractivity contribution in [1.29, 1.82) is 0 Å².